The summed E-state index contributed by atoms with van der Waals surface area (Å²) in [5.74, 6) is 0.776. The molecule has 7 heteroatoms. The average Bonchev–Trinajstić information content (AvgIpc) is 3.12. The average molecular weight is 388 g/mol. The number of amides is 1. The maximum atomic E-state index is 11.8. The van der Waals surface area contributed by atoms with E-state index < -0.39 is 0 Å². The third-order valence-electron chi connectivity index (χ3n) is 3.45. The molecular formula is C19H15Cl2N3O2. The summed E-state index contributed by atoms with van der Waals surface area (Å²) in [5, 5.41) is 7.75. The van der Waals surface area contributed by atoms with Gasteiger partial charge in [0.25, 0.3) is 5.91 Å². The zero-order valence-corrected chi connectivity index (χ0v) is 15.1. The van der Waals surface area contributed by atoms with E-state index in [0.717, 1.165) is 5.69 Å². The molecule has 26 heavy (non-hydrogen) atoms. The summed E-state index contributed by atoms with van der Waals surface area (Å²) in [6.45, 7) is 0.114. The largest absolute Gasteiger partial charge is 0.455 e. The molecule has 0 radical (unpaired) electrons. The number of furan rings is 1. The van der Waals surface area contributed by atoms with Gasteiger partial charge in [0.15, 0.2) is 0 Å². The molecule has 3 aromatic rings. The third-order valence-corrected chi connectivity index (χ3v) is 4.27. The van der Waals surface area contributed by atoms with Gasteiger partial charge >= 0.3 is 0 Å². The van der Waals surface area contributed by atoms with Gasteiger partial charge in [-0.05, 0) is 36.4 Å². The molecule has 0 aliphatic carbocycles. The molecule has 0 spiro atoms. The summed E-state index contributed by atoms with van der Waals surface area (Å²) >= 11 is 12.2. The molecule has 0 aliphatic heterocycles. The van der Waals surface area contributed by atoms with Gasteiger partial charge in [0, 0.05) is 11.3 Å². The molecule has 1 heterocycles. The molecule has 0 saturated carbocycles. The summed E-state index contributed by atoms with van der Waals surface area (Å²) < 4.78 is 5.66. The number of rotatable bonds is 6. The second-order valence-electron chi connectivity index (χ2n) is 5.32. The van der Waals surface area contributed by atoms with Crippen LogP contribution < -0.4 is 10.7 Å². The number of hydrazone groups is 1. The number of hydrogen-bond acceptors (Lipinski definition) is 4. The number of anilines is 1. The minimum Gasteiger partial charge on any atom is -0.455 e. The van der Waals surface area contributed by atoms with Gasteiger partial charge in [0.2, 0.25) is 0 Å². The van der Waals surface area contributed by atoms with Gasteiger partial charge in [-0.2, -0.15) is 5.10 Å². The minimum atomic E-state index is -0.269. The number of carbonyl (C=O) groups is 1. The lowest BCUT2D eigenvalue weighted by atomic mass is 10.2. The van der Waals surface area contributed by atoms with Gasteiger partial charge in [-0.15, -0.1) is 0 Å². The second-order valence-corrected chi connectivity index (χ2v) is 6.10. The Kier molecular flexibility index (Phi) is 5.94. The van der Waals surface area contributed by atoms with Gasteiger partial charge in [-0.3, -0.25) is 4.79 Å². The van der Waals surface area contributed by atoms with Crippen molar-refractivity contribution in [1.82, 2.24) is 5.43 Å². The Hall–Kier alpha value is -2.76. The zero-order chi connectivity index (χ0) is 18.4. The van der Waals surface area contributed by atoms with Crippen molar-refractivity contribution in [1.29, 1.82) is 0 Å². The maximum Gasteiger partial charge on any atom is 0.259 e. The lowest BCUT2D eigenvalue weighted by molar-refractivity contribution is -0.119. The predicted octanol–water partition coefficient (Wildman–Crippen LogP) is 4.82. The number of nitrogens with zero attached hydrogens (tertiary/aromatic N) is 1. The number of halogens is 2. The predicted molar refractivity (Wildman–Crippen MR) is 105 cm³/mol. The smallest absolute Gasteiger partial charge is 0.259 e. The number of benzene rings is 2. The van der Waals surface area contributed by atoms with E-state index in [0.29, 0.717) is 27.1 Å². The van der Waals surface area contributed by atoms with Crippen molar-refractivity contribution in [3.63, 3.8) is 0 Å². The van der Waals surface area contributed by atoms with Crippen LogP contribution in [0.3, 0.4) is 0 Å². The van der Waals surface area contributed by atoms with Crippen LogP contribution in [-0.4, -0.2) is 18.7 Å². The van der Waals surface area contributed by atoms with Gasteiger partial charge < -0.3 is 9.73 Å². The Morgan fingerprint density at radius 2 is 1.85 bits per heavy atom. The fraction of sp³-hybridized carbons (Fsp3) is 0.0526. The maximum absolute atomic E-state index is 11.8. The zero-order valence-electron chi connectivity index (χ0n) is 13.6. The molecule has 1 aromatic heterocycles. The van der Waals surface area contributed by atoms with Crippen LogP contribution in [0.4, 0.5) is 5.69 Å². The molecular weight excluding hydrogens is 373 g/mol. The van der Waals surface area contributed by atoms with E-state index >= 15 is 0 Å². The van der Waals surface area contributed by atoms with Crippen LogP contribution in [0.15, 0.2) is 70.2 Å². The van der Waals surface area contributed by atoms with E-state index in [-0.39, 0.29) is 12.5 Å². The van der Waals surface area contributed by atoms with Crippen molar-refractivity contribution in [2.24, 2.45) is 5.10 Å². The van der Waals surface area contributed by atoms with Crippen molar-refractivity contribution in [3.8, 4) is 11.3 Å². The van der Waals surface area contributed by atoms with Gasteiger partial charge in [-0.25, -0.2) is 5.43 Å². The fourth-order valence-corrected chi connectivity index (χ4v) is 2.60. The Labute approximate surface area is 160 Å². The van der Waals surface area contributed by atoms with E-state index in [2.05, 4.69) is 15.8 Å². The first-order valence-electron chi connectivity index (χ1n) is 7.78. The van der Waals surface area contributed by atoms with Crippen LogP contribution in [-0.2, 0) is 4.79 Å². The molecule has 0 bridgehead atoms. The van der Waals surface area contributed by atoms with Crippen LogP contribution >= 0.6 is 23.2 Å². The normalized spacial score (nSPS) is 10.8. The van der Waals surface area contributed by atoms with Crippen LogP contribution in [0, 0.1) is 0 Å². The first-order valence-corrected chi connectivity index (χ1v) is 8.54. The fourth-order valence-electron chi connectivity index (χ4n) is 2.21. The highest BCUT2D eigenvalue weighted by atomic mass is 35.5. The molecule has 0 unspecified atom stereocenters. The van der Waals surface area contributed by atoms with E-state index in [1.807, 2.05) is 36.4 Å². The van der Waals surface area contributed by atoms with Crippen LogP contribution in [0.2, 0.25) is 10.0 Å². The molecule has 2 aromatic carbocycles. The molecule has 132 valence electrons. The highest BCUT2D eigenvalue weighted by Gasteiger charge is 2.10. The van der Waals surface area contributed by atoms with Gasteiger partial charge in [-0.1, -0.05) is 47.5 Å². The Morgan fingerprint density at radius 1 is 1.04 bits per heavy atom. The monoisotopic (exact) mass is 387 g/mol. The SMILES string of the molecule is O=C(CNc1ccccc1)N/N=C\c1ccc(-c2cccc(Cl)c2Cl)o1. The molecule has 2 N–H and O–H groups in total. The number of hydrogen-bond donors (Lipinski definition) is 2. The molecule has 0 aliphatic rings. The molecule has 3 rings (SSSR count). The summed E-state index contributed by atoms with van der Waals surface area (Å²) in [6.07, 6.45) is 1.42. The highest BCUT2D eigenvalue weighted by molar-refractivity contribution is 6.43. The van der Waals surface area contributed by atoms with Crippen molar-refractivity contribution >= 4 is 41.0 Å². The Balaban J connectivity index is 1.55. The minimum absolute atomic E-state index is 0.114. The summed E-state index contributed by atoms with van der Waals surface area (Å²) in [5.41, 5.74) is 3.98. The van der Waals surface area contributed by atoms with E-state index in [9.17, 15) is 4.79 Å². The Bertz CT molecular complexity index is 924. The molecule has 0 saturated heterocycles. The van der Waals surface area contributed by atoms with Crippen LogP contribution in [0.25, 0.3) is 11.3 Å². The summed E-state index contributed by atoms with van der Waals surface area (Å²) in [6, 6.07) is 18.2. The lowest BCUT2D eigenvalue weighted by Crippen LogP contribution is -2.25. The summed E-state index contributed by atoms with van der Waals surface area (Å²) in [4.78, 5) is 11.8. The first-order chi connectivity index (χ1) is 12.6. The highest BCUT2D eigenvalue weighted by Crippen LogP contribution is 2.34. The van der Waals surface area contributed by atoms with Crippen molar-refractivity contribution in [3.05, 3.63) is 76.5 Å². The van der Waals surface area contributed by atoms with Crippen molar-refractivity contribution in [2.45, 2.75) is 0 Å². The third kappa shape index (κ3) is 4.65. The first kappa shape index (κ1) is 18.0. The quantitative estimate of drug-likeness (QED) is 0.470. The van der Waals surface area contributed by atoms with Gasteiger partial charge in [0.05, 0.1) is 22.8 Å². The number of carbonyl (C=O) groups excluding carboxylic acids is 1. The van der Waals surface area contributed by atoms with Crippen molar-refractivity contribution in [2.75, 3.05) is 11.9 Å². The number of nitrogens with one attached hydrogen (secondary N) is 2. The van der Waals surface area contributed by atoms with E-state index in [4.69, 9.17) is 27.6 Å². The molecule has 5 nitrogen and oxygen atoms in total. The van der Waals surface area contributed by atoms with Crippen molar-refractivity contribution < 1.29 is 9.21 Å². The molecule has 0 fully saturated rings. The molecule has 1 amide bonds. The van der Waals surface area contributed by atoms with Gasteiger partial charge in [0.1, 0.15) is 11.5 Å². The second kappa shape index (κ2) is 8.56. The Morgan fingerprint density at radius 3 is 2.65 bits per heavy atom. The topological polar surface area (TPSA) is 66.6 Å². The van der Waals surface area contributed by atoms with Crippen LogP contribution in [0.1, 0.15) is 5.76 Å². The van der Waals surface area contributed by atoms with E-state index in [1.54, 1.807) is 24.3 Å². The van der Waals surface area contributed by atoms with E-state index in [1.165, 1.54) is 6.21 Å². The number of para-hydroxylation sites is 1. The summed E-state index contributed by atoms with van der Waals surface area (Å²) in [7, 11) is 0. The molecule has 0 atom stereocenters. The lowest BCUT2D eigenvalue weighted by Gasteiger charge is -2.04. The standard InChI is InChI=1S/C19H15Cl2N3O2/c20-16-8-4-7-15(19(16)21)17-10-9-14(26-17)11-23-24-18(25)12-22-13-5-2-1-3-6-13/h1-11,22H,12H2,(H,24,25)/b23-11-. The van der Waals surface area contributed by atoms with Crippen LogP contribution in [0.5, 0.6) is 0 Å².